The van der Waals surface area contributed by atoms with Gasteiger partial charge in [0, 0.05) is 24.5 Å². The van der Waals surface area contributed by atoms with E-state index in [0.29, 0.717) is 6.61 Å². The van der Waals surface area contributed by atoms with Crippen LogP contribution in [-0.2, 0) is 6.42 Å². The Labute approximate surface area is 131 Å². The zero-order chi connectivity index (χ0) is 15.4. The van der Waals surface area contributed by atoms with Crippen molar-refractivity contribution in [3.63, 3.8) is 0 Å². The molecule has 2 unspecified atom stereocenters. The van der Waals surface area contributed by atoms with Gasteiger partial charge < -0.3 is 9.84 Å². The summed E-state index contributed by atoms with van der Waals surface area (Å²) in [4.78, 5) is 6.34. The van der Waals surface area contributed by atoms with Crippen molar-refractivity contribution in [1.82, 2.24) is 9.88 Å². The molecule has 2 atom stereocenters. The first-order chi connectivity index (χ1) is 10.8. The average molecular weight is 298 g/mol. The number of aromatic nitrogens is 1. The number of aliphatic hydroxyl groups is 1. The summed E-state index contributed by atoms with van der Waals surface area (Å²) >= 11 is 0. The van der Waals surface area contributed by atoms with Gasteiger partial charge in [-0.3, -0.25) is 9.88 Å². The minimum atomic E-state index is -0.498. The molecule has 0 fully saturated rings. The first-order valence-electron chi connectivity index (χ1n) is 7.82. The van der Waals surface area contributed by atoms with Gasteiger partial charge in [0.1, 0.15) is 18.5 Å². The first-order valence-corrected chi connectivity index (χ1v) is 7.82. The van der Waals surface area contributed by atoms with Gasteiger partial charge in [-0.05, 0) is 36.7 Å². The number of ether oxygens (including phenoxy) is 1. The molecule has 4 nitrogen and oxygen atoms in total. The van der Waals surface area contributed by atoms with E-state index in [4.69, 9.17) is 4.74 Å². The smallest absolute Gasteiger partial charge is 0.125 e. The number of pyridine rings is 1. The second kappa shape index (κ2) is 6.90. The van der Waals surface area contributed by atoms with Crippen LogP contribution >= 0.6 is 0 Å². The quantitative estimate of drug-likeness (QED) is 0.921. The molecule has 0 spiro atoms. The van der Waals surface area contributed by atoms with Gasteiger partial charge in [0.25, 0.3) is 0 Å². The van der Waals surface area contributed by atoms with Crippen LogP contribution in [0.25, 0.3) is 0 Å². The van der Waals surface area contributed by atoms with E-state index in [1.54, 1.807) is 0 Å². The van der Waals surface area contributed by atoms with Gasteiger partial charge >= 0.3 is 0 Å². The second-order valence-corrected chi connectivity index (χ2v) is 5.60. The third-order valence-corrected chi connectivity index (χ3v) is 4.32. The highest BCUT2D eigenvalue weighted by molar-refractivity contribution is 5.37. The molecule has 3 rings (SSSR count). The number of para-hydroxylation sites is 1. The van der Waals surface area contributed by atoms with Crippen LogP contribution in [0.2, 0.25) is 0 Å². The van der Waals surface area contributed by atoms with E-state index in [2.05, 4.69) is 16.8 Å². The number of likely N-dealkylation sites (N-methyl/N-ethyl adjacent to an activating group) is 1. The van der Waals surface area contributed by atoms with Crippen molar-refractivity contribution in [2.45, 2.75) is 25.5 Å². The van der Waals surface area contributed by atoms with Crippen LogP contribution in [-0.4, -0.2) is 40.7 Å². The summed E-state index contributed by atoms with van der Waals surface area (Å²) < 4.78 is 5.83. The highest BCUT2D eigenvalue weighted by atomic mass is 16.5. The highest BCUT2D eigenvalue weighted by Gasteiger charge is 2.32. The molecule has 0 saturated carbocycles. The van der Waals surface area contributed by atoms with Gasteiger partial charge in [0.2, 0.25) is 0 Å². The maximum Gasteiger partial charge on any atom is 0.125 e. The van der Waals surface area contributed by atoms with Gasteiger partial charge in [-0.2, -0.15) is 0 Å². The van der Waals surface area contributed by atoms with E-state index in [1.165, 1.54) is 5.56 Å². The number of hydrogen-bond acceptors (Lipinski definition) is 4. The van der Waals surface area contributed by atoms with Crippen molar-refractivity contribution in [2.75, 3.05) is 19.7 Å². The third kappa shape index (κ3) is 3.13. The molecule has 1 aromatic carbocycles. The third-order valence-electron chi connectivity index (χ3n) is 4.32. The maximum atomic E-state index is 10.7. The molecule has 22 heavy (non-hydrogen) atoms. The molecule has 0 saturated heterocycles. The van der Waals surface area contributed by atoms with Gasteiger partial charge in [0.15, 0.2) is 0 Å². The summed E-state index contributed by atoms with van der Waals surface area (Å²) in [5.74, 6) is 0.802. The van der Waals surface area contributed by atoms with Crippen LogP contribution in [0.5, 0.6) is 5.75 Å². The minimum absolute atomic E-state index is 0.00161. The van der Waals surface area contributed by atoms with Crippen LogP contribution in [0.3, 0.4) is 0 Å². The molecule has 1 aromatic heterocycles. The second-order valence-electron chi connectivity index (χ2n) is 5.60. The molecule has 1 N–H and O–H groups in total. The standard InChI is InChI=1S/C18H22N2O2/c1-2-20(12-9-14-7-10-19-11-8-14)16-13-22-17-6-4-3-5-15(17)18(16)21/h3-8,10-11,16,18,21H,2,9,12-13H2,1H3. The van der Waals surface area contributed by atoms with Gasteiger partial charge in [0.05, 0.1) is 6.04 Å². The fourth-order valence-electron chi connectivity index (χ4n) is 3.02. The molecule has 4 heteroatoms. The van der Waals surface area contributed by atoms with Crippen LogP contribution in [0.4, 0.5) is 0 Å². The Morgan fingerprint density at radius 2 is 2.00 bits per heavy atom. The van der Waals surface area contributed by atoms with Crippen LogP contribution in [0.1, 0.15) is 24.2 Å². The summed E-state index contributed by atoms with van der Waals surface area (Å²) in [5, 5.41) is 10.7. The van der Waals surface area contributed by atoms with Crippen molar-refractivity contribution < 1.29 is 9.84 Å². The maximum absolute atomic E-state index is 10.7. The Balaban J connectivity index is 1.69. The molecular weight excluding hydrogens is 276 g/mol. The predicted molar refractivity (Wildman–Crippen MR) is 85.9 cm³/mol. The normalized spacial score (nSPS) is 20.5. The Kier molecular flexibility index (Phi) is 4.71. The van der Waals surface area contributed by atoms with Gasteiger partial charge in [-0.25, -0.2) is 0 Å². The molecule has 1 aliphatic rings. The number of nitrogens with zero attached hydrogens (tertiary/aromatic N) is 2. The van der Waals surface area contributed by atoms with Gasteiger partial charge in [-0.1, -0.05) is 25.1 Å². The molecule has 116 valence electrons. The predicted octanol–water partition coefficient (Wildman–Crippen LogP) is 2.44. The number of aliphatic hydroxyl groups excluding tert-OH is 1. The minimum Gasteiger partial charge on any atom is -0.491 e. The Hall–Kier alpha value is -1.91. The topological polar surface area (TPSA) is 45.6 Å². The summed E-state index contributed by atoms with van der Waals surface area (Å²) in [6.45, 7) is 4.44. The molecule has 1 aliphatic heterocycles. The SMILES string of the molecule is CCN(CCc1ccncc1)C1COc2ccccc2C1O. The molecule has 0 radical (unpaired) electrons. The van der Waals surface area contributed by atoms with Crippen molar-refractivity contribution in [3.05, 3.63) is 59.9 Å². The van der Waals surface area contributed by atoms with Crippen LogP contribution in [0, 0.1) is 0 Å². The Bertz CT molecular complexity index is 603. The van der Waals surface area contributed by atoms with E-state index in [9.17, 15) is 5.11 Å². The van der Waals surface area contributed by atoms with Crippen LogP contribution in [0.15, 0.2) is 48.8 Å². The average Bonchev–Trinajstić information content (AvgIpc) is 2.58. The zero-order valence-electron chi connectivity index (χ0n) is 12.9. The Morgan fingerprint density at radius 3 is 2.77 bits per heavy atom. The number of fused-ring (bicyclic) bond motifs is 1. The van der Waals surface area contributed by atoms with Crippen molar-refractivity contribution >= 4 is 0 Å². The Morgan fingerprint density at radius 1 is 1.23 bits per heavy atom. The number of hydrogen-bond donors (Lipinski definition) is 1. The number of rotatable bonds is 5. The molecule has 0 amide bonds. The van der Waals surface area contributed by atoms with E-state index in [-0.39, 0.29) is 6.04 Å². The molecule has 2 heterocycles. The van der Waals surface area contributed by atoms with E-state index >= 15 is 0 Å². The fraction of sp³-hybridized carbons (Fsp3) is 0.389. The zero-order valence-corrected chi connectivity index (χ0v) is 12.9. The summed E-state index contributed by atoms with van der Waals surface area (Å²) in [6.07, 6.45) is 4.09. The monoisotopic (exact) mass is 298 g/mol. The van der Waals surface area contributed by atoms with Crippen molar-refractivity contribution in [3.8, 4) is 5.75 Å². The lowest BCUT2D eigenvalue weighted by Crippen LogP contribution is -2.46. The lowest BCUT2D eigenvalue weighted by molar-refractivity contribution is 0.00602. The summed E-state index contributed by atoms with van der Waals surface area (Å²) in [5.41, 5.74) is 2.15. The molecule has 0 bridgehead atoms. The van der Waals surface area contributed by atoms with Crippen molar-refractivity contribution in [1.29, 1.82) is 0 Å². The largest absolute Gasteiger partial charge is 0.491 e. The van der Waals surface area contributed by atoms with Gasteiger partial charge in [-0.15, -0.1) is 0 Å². The highest BCUT2D eigenvalue weighted by Crippen LogP contribution is 2.33. The van der Waals surface area contributed by atoms with E-state index in [1.807, 2.05) is 48.8 Å². The lowest BCUT2D eigenvalue weighted by atomic mass is 9.97. The van der Waals surface area contributed by atoms with E-state index in [0.717, 1.165) is 30.8 Å². The number of benzene rings is 1. The first kappa shape index (κ1) is 15.0. The van der Waals surface area contributed by atoms with E-state index < -0.39 is 6.10 Å². The lowest BCUT2D eigenvalue weighted by Gasteiger charge is -2.37. The fourth-order valence-corrected chi connectivity index (χ4v) is 3.02. The summed E-state index contributed by atoms with van der Waals surface area (Å²) in [7, 11) is 0. The summed E-state index contributed by atoms with van der Waals surface area (Å²) in [6, 6.07) is 11.8. The molecular formula is C18H22N2O2. The van der Waals surface area contributed by atoms with Crippen LogP contribution < -0.4 is 4.74 Å². The van der Waals surface area contributed by atoms with Crippen molar-refractivity contribution in [2.24, 2.45) is 0 Å². The molecule has 0 aliphatic carbocycles. The molecule has 2 aromatic rings.